The normalized spacial score (nSPS) is 21.1. The monoisotopic (exact) mass is 307 g/mol. The van der Waals surface area contributed by atoms with Gasteiger partial charge in [0.15, 0.2) is 5.79 Å². The largest absolute Gasteiger partial charge is 0.348 e. The van der Waals surface area contributed by atoms with Crippen molar-refractivity contribution in [2.75, 3.05) is 13.2 Å². The first-order valence-electron chi connectivity index (χ1n) is 7.78. The molecule has 2 aliphatic rings. The summed E-state index contributed by atoms with van der Waals surface area (Å²) < 4.78 is 38.6. The molecule has 0 radical (unpaired) electrons. The molecule has 1 saturated heterocycles. The lowest BCUT2D eigenvalue weighted by atomic mass is 9.82. The highest BCUT2D eigenvalue weighted by atomic mass is 19.1. The lowest BCUT2D eigenvalue weighted by Crippen LogP contribution is -2.35. The standard InChI is InChI=1S/C17H19F2NO2/c18-15-9-13(10-16(19)14(15)11-20)2-1-12-3-5-17(6-4-12)21-7-8-22-17/h9-10,12H,1-8H2. The molecule has 1 aromatic carbocycles. The van der Waals surface area contributed by atoms with Gasteiger partial charge in [-0.15, -0.1) is 0 Å². The van der Waals surface area contributed by atoms with Gasteiger partial charge in [0.1, 0.15) is 23.3 Å². The molecule has 1 spiro atoms. The first-order chi connectivity index (χ1) is 10.6. The van der Waals surface area contributed by atoms with Gasteiger partial charge in [0.05, 0.1) is 13.2 Å². The van der Waals surface area contributed by atoms with Gasteiger partial charge in [-0.3, -0.25) is 0 Å². The lowest BCUT2D eigenvalue weighted by Gasteiger charge is -2.35. The summed E-state index contributed by atoms with van der Waals surface area (Å²) in [5.41, 5.74) is 0.113. The zero-order chi connectivity index (χ0) is 15.6. The Bertz CT molecular complexity index is 558. The van der Waals surface area contributed by atoms with Crippen molar-refractivity contribution in [2.24, 2.45) is 5.92 Å². The number of ether oxygens (including phenoxy) is 2. The van der Waals surface area contributed by atoms with E-state index in [1.165, 1.54) is 12.1 Å². The zero-order valence-electron chi connectivity index (χ0n) is 12.4. The number of rotatable bonds is 3. The van der Waals surface area contributed by atoms with Crippen molar-refractivity contribution in [3.8, 4) is 6.07 Å². The van der Waals surface area contributed by atoms with Crippen LogP contribution >= 0.6 is 0 Å². The van der Waals surface area contributed by atoms with Crippen LogP contribution in [0.5, 0.6) is 0 Å². The summed E-state index contributed by atoms with van der Waals surface area (Å²) in [5, 5.41) is 8.67. The minimum absolute atomic E-state index is 0.358. The molecule has 0 bridgehead atoms. The lowest BCUT2D eigenvalue weighted by molar-refractivity contribution is -0.182. The van der Waals surface area contributed by atoms with Crippen molar-refractivity contribution in [3.05, 3.63) is 34.9 Å². The van der Waals surface area contributed by atoms with E-state index in [4.69, 9.17) is 14.7 Å². The Kier molecular flexibility index (Phi) is 4.42. The second-order valence-electron chi connectivity index (χ2n) is 6.14. The fraction of sp³-hybridized carbons (Fsp3) is 0.588. The second-order valence-corrected chi connectivity index (χ2v) is 6.14. The first-order valence-corrected chi connectivity index (χ1v) is 7.78. The topological polar surface area (TPSA) is 42.2 Å². The Morgan fingerprint density at radius 2 is 1.73 bits per heavy atom. The highest BCUT2D eigenvalue weighted by Crippen LogP contribution is 2.39. The first kappa shape index (κ1) is 15.4. The Balaban J connectivity index is 1.54. The number of nitriles is 1. The van der Waals surface area contributed by atoms with Crippen LogP contribution in [-0.2, 0) is 15.9 Å². The van der Waals surface area contributed by atoms with Crippen molar-refractivity contribution in [1.29, 1.82) is 5.26 Å². The molecule has 118 valence electrons. The van der Waals surface area contributed by atoms with Crippen molar-refractivity contribution in [2.45, 2.75) is 44.3 Å². The van der Waals surface area contributed by atoms with Gasteiger partial charge < -0.3 is 9.47 Å². The average Bonchev–Trinajstić information content (AvgIpc) is 2.95. The number of halogens is 2. The van der Waals surface area contributed by atoms with Crippen LogP contribution < -0.4 is 0 Å². The SMILES string of the molecule is N#Cc1c(F)cc(CCC2CCC3(CC2)OCCO3)cc1F. The molecule has 0 amide bonds. The second kappa shape index (κ2) is 6.31. The average molecular weight is 307 g/mol. The van der Waals surface area contributed by atoms with Gasteiger partial charge in [0, 0.05) is 12.8 Å². The van der Waals surface area contributed by atoms with Crippen molar-refractivity contribution < 1.29 is 18.3 Å². The summed E-state index contributed by atoms with van der Waals surface area (Å²) in [6, 6.07) is 4.09. The van der Waals surface area contributed by atoms with Crippen LogP contribution in [0.2, 0.25) is 0 Å². The summed E-state index contributed by atoms with van der Waals surface area (Å²) in [6.07, 6.45) is 5.34. The van der Waals surface area contributed by atoms with E-state index in [0.29, 0.717) is 31.1 Å². The fourth-order valence-electron chi connectivity index (χ4n) is 3.44. The molecule has 3 rings (SSSR count). The van der Waals surface area contributed by atoms with Gasteiger partial charge >= 0.3 is 0 Å². The van der Waals surface area contributed by atoms with Crippen LogP contribution in [0.25, 0.3) is 0 Å². The number of nitrogens with zero attached hydrogens (tertiary/aromatic N) is 1. The molecule has 0 unspecified atom stereocenters. The van der Waals surface area contributed by atoms with Gasteiger partial charge in [-0.1, -0.05) is 0 Å². The van der Waals surface area contributed by atoms with E-state index in [2.05, 4.69) is 0 Å². The fourth-order valence-corrected chi connectivity index (χ4v) is 3.44. The van der Waals surface area contributed by atoms with Crippen LogP contribution in [0, 0.1) is 28.9 Å². The summed E-state index contributed by atoms with van der Waals surface area (Å²) in [7, 11) is 0. The maximum Gasteiger partial charge on any atom is 0.168 e. The molecule has 1 aliphatic carbocycles. The smallest absolute Gasteiger partial charge is 0.168 e. The maximum absolute atomic E-state index is 13.6. The Morgan fingerprint density at radius 3 is 2.27 bits per heavy atom. The third-order valence-corrected chi connectivity index (χ3v) is 4.74. The molecule has 3 nitrogen and oxygen atoms in total. The number of hydrogen-bond donors (Lipinski definition) is 0. The van der Waals surface area contributed by atoms with E-state index < -0.39 is 17.2 Å². The van der Waals surface area contributed by atoms with Gasteiger partial charge in [0.25, 0.3) is 0 Å². The van der Waals surface area contributed by atoms with Crippen LogP contribution in [0.4, 0.5) is 8.78 Å². The molecule has 5 heteroatoms. The highest BCUT2D eigenvalue weighted by molar-refractivity contribution is 5.35. The molecule has 22 heavy (non-hydrogen) atoms. The Morgan fingerprint density at radius 1 is 1.14 bits per heavy atom. The van der Waals surface area contributed by atoms with E-state index >= 15 is 0 Å². The van der Waals surface area contributed by atoms with Crippen LogP contribution in [0.1, 0.15) is 43.2 Å². The molecule has 0 N–H and O–H groups in total. The van der Waals surface area contributed by atoms with Crippen molar-refractivity contribution >= 4 is 0 Å². The molecule has 1 heterocycles. The molecular weight excluding hydrogens is 288 g/mol. The number of hydrogen-bond acceptors (Lipinski definition) is 3. The van der Waals surface area contributed by atoms with Gasteiger partial charge in [0.2, 0.25) is 0 Å². The van der Waals surface area contributed by atoms with E-state index in [1.54, 1.807) is 6.07 Å². The molecule has 2 fully saturated rings. The van der Waals surface area contributed by atoms with Crippen LogP contribution in [-0.4, -0.2) is 19.0 Å². The summed E-state index contributed by atoms with van der Waals surface area (Å²) in [4.78, 5) is 0. The van der Waals surface area contributed by atoms with Gasteiger partial charge in [-0.2, -0.15) is 5.26 Å². The predicted molar refractivity (Wildman–Crippen MR) is 76.0 cm³/mol. The van der Waals surface area contributed by atoms with E-state index in [0.717, 1.165) is 32.1 Å². The predicted octanol–water partition coefficient (Wildman–Crippen LogP) is 3.70. The van der Waals surface area contributed by atoms with Crippen molar-refractivity contribution in [3.63, 3.8) is 0 Å². The highest BCUT2D eigenvalue weighted by Gasteiger charge is 2.39. The number of benzene rings is 1. The van der Waals surface area contributed by atoms with E-state index in [1.807, 2.05) is 0 Å². The van der Waals surface area contributed by atoms with Crippen LogP contribution in [0.3, 0.4) is 0 Å². The van der Waals surface area contributed by atoms with Gasteiger partial charge in [-0.05, 0) is 49.3 Å². The molecule has 1 aliphatic heterocycles. The molecule has 1 saturated carbocycles. The molecule has 0 aromatic heterocycles. The quantitative estimate of drug-likeness (QED) is 0.855. The zero-order valence-corrected chi connectivity index (χ0v) is 12.4. The third-order valence-electron chi connectivity index (χ3n) is 4.74. The van der Waals surface area contributed by atoms with Crippen LogP contribution in [0.15, 0.2) is 12.1 Å². The van der Waals surface area contributed by atoms with Crippen molar-refractivity contribution in [1.82, 2.24) is 0 Å². The maximum atomic E-state index is 13.6. The summed E-state index contributed by atoms with van der Waals surface area (Å²) >= 11 is 0. The Hall–Kier alpha value is -1.51. The summed E-state index contributed by atoms with van der Waals surface area (Å²) in [5.74, 6) is -1.37. The van der Waals surface area contributed by atoms with Gasteiger partial charge in [-0.25, -0.2) is 8.78 Å². The number of aryl methyl sites for hydroxylation is 1. The third kappa shape index (κ3) is 3.13. The summed E-state index contributed by atoms with van der Waals surface area (Å²) in [6.45, 7) is 1.35. The molecule has 0 atom stereocenters. The van der Waals surface area contributed by atoms with E-state index in [9.17, 15) is 8.78 Å². The minimum Gasteiger partial charge on any atom is -0.348 e. The molecular formula is C17H19F2NO2. The minimum atomic E-state index is -0.771. The Labute approximate surface area is 128 Å². The molecule has 1 aromatic rings. The van der Waals surface area contributed by atoms with E-state index in [-0.39, 0.29) is 5.79 Å².